The number of nitrogens with zero attached hydrogens (tertiary/aromatic N) is 1. The van der Waals surface area contributed by atoms with Crippen LogP contribution in [0.3, 0.4) is 0 Å². The first-order valence-corrected chi connectivity index (χ1v) is 10.8. The summed E-state index contributed by atoms with van der Waals surface area (Å²) < 4.78 is 19.5. The first kappa shape index (κ1) is 22.4. The molecule has 3 aromatic carbocycles. The Balaban J connectivity index is 1.57. The molecule has 1 N–H and O–H groups in total. The summed E-state index contributed by atoms with van der Waals surface area (Å²) in [4.78, 5) is 27.0. The number of ether oxygens (including phenoxy) is 1. The van der Waals surface area contributed by atoms with Crippen molar-refractivity contribution >= 4 is 40.9 Å². The molecule has 0 radical (unpaired) electrons. The molecule has 1 fully saturated rings. The Labute approximate surface area is 196 Å². The van der Waals surface area contributed by atoms with Gasteiger partial charge < -0.3 is 4.74 Å². The van der Waals surface area contributed by atoms with Crippen molar-refractivity contribution in [3.8, 4) is 5.75 Å². The third-order valence-corrected chi connectivity index (χ3v) is 5.51. The van der Waals surface area contributed by atoms with Crippen molar-refractivity contribution in [2.24, 2.45) is 0 Å². The number of rotatable bonds is 6. The molecule has 0 spiro atoms. The summed E-state index contributed by atoms with van der Waals surface area (Å²) >= 11 is 5.25. The predicted molar refractivity (Wildman–Crippen MR) is 129 cm³/mol. The highest BCUT2D eigenvalue weighted by molar-refractivity contribution is 7.80. The van der Waals surface area contributed by atoms with Crippen molar-refractivity contribution in [2.75, 3.05) is 4.90 Å². The molecule has 0 aromatic heterocycles. The lowest BCUT2D eigenvalue weighted by molar-refractivity contribution is -0.122. The third-order valence-electron chi connectivity index (χ3n) is 5.23. The third kappa shape index (κ3) is 4.99. The van der Waals surface area contributed by atoms with E-state index in [9.17, 15) is 14.0 Å². The van der Waals surface area contributed by atoms with E-state index in [-0.39, 0.29) is 23.1 Å². The molecule has 0 aliphatic carbocycles. The zero-order valence-corrected chi connectivity index (χ0v) is 18.7. The van der Waals surface area contributed by atoms with E-state index in [2.05, 4.69) is 5.32 Å². The van der Waals surface area contributed by atoms with E-state index in [0.717, 1.165) is 12.0 Å². The first-order valence-electron chi connectivity index (χ1n) is 10.4. The van der Waals surface area contributed by atoms with Gasteiger partial charge in [-0.25, -0.2) is 4.39 Å². The van der Waals surface area contributed by atoms with Gasteiger partial charge in [0.05, 0.1) is 5.69 Å². The van der Waals surface area contributed by atoms with Crippen LogP contribution in [0.2, 0.25) is 0 Å². The first-order chi connectivity index (χ1) is 16.0. The number of thiocarbonyl (C=S) groups is 1. The topological polar surface area (TPSA) is 58.6 Å². The van der Waals surface area contributed by atoms with Gasteiger partial charge in [-0.1, -0.05) is 49.4 Å². The van der Waals surface area contributed by atoms with E-state index in [1.54, 1.807) is 54.6 Å². The number of hydrogen-bond acceptors (Lipinski definition) is 4. The summed E-state index contributed by atoms with van der Waals surface area (Å²) in [6.07, 6.45) is 2.36. The summed E-state index contributed by atoms with van der Waals surface area (Å²) in [5.41, 5.74) is 2.68. The molecule has 0 bridgehead atoms. The summed E-state index contributed by atoms with van der Waals surface area (Å²) in [6, 6.07) is 20.7. The number of nitrogens with one attached hydrogen (secondary N) is 1. The normalized spacial score (nSPS) is 15.0. The quantitative estimate of drug-likeness (QED) is 0.326. The molecule has 3 aromatic rings. The number of aryl methyl sites for hydroxylation is 1. The average molecular weight is 461 g/mol. The minimum absolute atomic E-state index is 0.0355. The van der Waals surface area contributed by atoms with E-state index in [0.29, 0.717) is 22.6 Å². The van der Waals surface area contributed by atoms with Gasteiger partial charge in [-0.15, -0.1) is 0 Å². The van der Waals surface area contributed by atoms with Gasteiger partial charge in [0.15, 0.2) is 5.11 Å². The number of anilines is 1. The Morgan fingerprint density at radius 1 is 1.03 bits per heavy atom. The monoisotopic (exact) mass is 460 g/mol. The number of benzene rings is 3. The molecule has 166 valence electrons. The van der Waals surface area contributed by atoms with Gasteiger partial charge in [0.25, 0.3) is 11.8 Å². The van der Waals surface area contributed by atoms with Crippen molar-refractivity contribution in [1.82, 2.24) is 5.32 Å². The fraction of sp³-hybridized carbons (Fsp3) is 0.115. The van der Waals surface area contributed by atoms with Crippen LogP contribution in [0.15, 0.2) is 78.4 Å². The maximum Gasteiger partial charge on any atom is 0.270 e. The van der Waals surface area contributed by atoms with Crippen LogP contribution < -0.4 is 15.0 Å². The highest BCUT2D eigenvalue weighted by atomic mass is 32.1. The van der Waals surface area contributed by atoms with Crippen molar-refractivity contribution < 1.29 is 18.7 Å². The number of halogens is 1. The highest BCUT2D eigenvalue weighted by Gasteiger charge is 2.34. The Morgan fingerprint density at radius 2 is 1.79 bits per heavy atom. The van der Waals surface area contributed by atoms with Gasteiger partial charge in [0.1, 0.15) is 23.7 Å². The lowest BCUT2D eigenvalue weighted by atomic mass is 10.1. The second kappa shape index (κ2) is 9.75. The van der Waals surface area contributed by atoms with Crippen LogP contribution in [-0.4, -0.2) is 16.9 Å². The van der Waals surface area contributed by atoms with Gasteiger partial charge in [-0.05, 0) is 66.2 Å². The summed E-state index contributed by atoms with van der Waals surface area (Å²) in [5.74, 6) is -0.933. The fourth-order valence-electron chi connectivity index (χ4n) is 3.41. The van der Waals surface area contributed by atoms with Crippen LogP contribution in [0.1, 0.15) is 23.6 Å². The SMILES string of the molecule is CCc1ccc(N2C(=O)/C(=C/c3cccc(OCc4ccccc4F)c3)C(=O)NC2=S)cc1. The molecule has 5 nitrogen and oxygen atoms in total. The summed E-state index contributed by atoms with van der Waals surface area (Å²) in [5, 5.41) is 2.62. The van der Waals surface area contributed by atoms with Gasteiger partial charge in [-0.3, -0.25) is 19.8 Å². The van der Waals surface area contributed by atoms with Gasteiger partial charge in [0.2, 0.25) is 0 Å². The number of hydrogen-bond donors (Lipinski definition) is 1. The largest absolute Gasteiger partial charge is 0.489 e. The number of carbonyl (C=O) groups is 2. The standard InChI is InChI=1S/C26H21FN2O3S/c1-2-17-10-12-20(13-11-17)29-25(31)22(24(30)28-26(29)33)15-18-6-5-8-21(14-18)32-16-19-7-3-4-9-23(19)27/h3-15H,2,16H2,1H3,(H,28,30,33)/b22-15+. The lowest BCUT2D eigenvalue weighted by Crippen LogP contribution is -2.54. The molecule has 7 heteroatoms. The Kier molecular flexibility index (Phi) is 6.60. The van der Waals surface area contributed by atoms with Crippen LogP contribution in [0.4, 0.5) is 10.1 Å². The van der Waals surface area contributed by atoms with Crippen LogP contribution >= 0.6 is 12.2 Å². The zero-order chi connectivity index (χ0) is 23.4. The van der Waals surface area contributed by atoms with E-state index in [1.807, 2.05) is 19.1 Å². The zero-order valence-electron chi connectivity index (χ0n) is 17.9. The molecule has 1 saturated heterocycles. The van der Waals surface area contributed by atoms with E-state index < -0.39 is 11.8 Å². The molecule has 2 amide bonds. The second-order valence-electron chi connectivity index (χ2n) is 7.43. The minimum atomic E-state index is -0.566. The second-order valence-corrected chi connectivity index (χ2v) is 7.82. The summed E-state index contributed by atoms with van der Waals surface area (Å²) in [6.45, 7) is 2.10. The van der Waals surface area contributed by atoms with E-state index >= 15 is 0 Å². The van der Waals surface area contributed by atoms with Gasteiger partial charge in [-0.2, -0.15) is 0 Å². The smallest absolute Gasteiger partial charge is 0.270 e. The predicted octanol–water partition coefficient (Wildman–Crippen LogP) is 4.80. The van der Waals surface area contributed by atoms with Gasteiger partial charge in [0, 0.05) is 5.56 Å². The van der Waals surface area contributed by atoms with Gasteiger partial charge >= 0.3 is 0 Å². The molecule has 0 atom stereocenters. The van der Waals surface area contributed by atoms with Crippen molar-refractivity contribution in [1.29, 1.82) is 0 Å². The maximum absolute atomic E-state index is 13.8. The Bertz CT molecular complexity index is 1250. The summed E-state index contributed by atoms with van der Waals surface area (Å²) in [7, 11) is 0. The molecule has 4 rings (SSSR count). The van der Waals surface area contributed by atoms with Crippen LogP contribution in [-0.2, 0) is 22.6 Å². The van der Waals surface area contributed by atoms with Crippen LogP contribution in [0, 0.1) is 5.82 Å². The number of amides is 2. The Morgan fingerprint density at radius 3 is 2.52 bits per heavy atom. The molecular weight excluding hydrogens is 439 g/mol. The van der Waals surface area contributed by atoms with Crippen molar-refractivity contribution in [3.05, 3.63) is 101 Å². The van der Waals surface area contributed by atoms with Crippen LogP contribution in [0.25, 0.3) is 6.08 Å². The molecule has 1 aliphatic rings. The van der Waals surface area contributed by atoms with Crippen LogP contribution in [0.5, 0.6) is 5.75 Å². The molecular formula is C26H21FN2O3S. The molecule has 33 heavy (non-hydrogen) atoms. The van der Waals surface area contributed by atoms with Crippen molar-refractivity contribution in [3.63, 3.8) is 0 Å². The molecule has 0 saturated carbocycles. The molecule has 0 unspecified atom stereocenters. The maximum atomic E-state index is 13.8. The highest BCUT2D eigenvalue weighted by Crippen LogP contribution is 2.24. The lowest BCUT2D eigenvalue weighted by Gasteiger charge is -2.29. The molecule has 1 aliphatic heterocycles. The fourth-order valence-corrected chi connectivity index (χ4v) is 3.69. The Hall–Kier alpha value is -3.84. The number of carbonyl (C=O) groups excluding carboxylic acids is 2. The average Bonchev–Trinajstić information content (AvgIpc) is 2.82. The van der Waals surface area contributed by atoms with Crippen molar-refractivity contribution in [2.45, 2.75) is 20.0 Å². The van der Waals surface area contributed by atoms with E-state index in [4.69, 9.17) is 17.0 Å². The minimum Gasteiger partial charge on any atom is -0.489 e. The van der Waals surface area contributed by atoms with E-state index in [1.165, 1.54) is 17.0 Å². The molecule has 1 heterocycles.